The van der Waals surface area contributed by atoms with Crippen LogP contribution in [0.15, 0.2) is 48.5 Å². The summed E-state index contributed by atoms with van der Waals surface area (Å²) in [5.41, 5.74) is 1.52. The van der Waals surface area contributed by atoms with Crippen LogP contribution in [-0.4, -0.2) is 49.1 Å². The first-order valence-electron chi connectivity index (χ1n) is 9.20. The van der Waals surface area contributed by atoms with Crippen LogP contribution in [0.1, 0.15) is 24.2 Å². The molecule has 0 saturated carbocycles. The SMILES string of the molecule is CCN(CC)CCN(C(=O)c1ccccc1)c1nc2cc(OC)ccc2s1. The van der Waals surface area contributed by atoms with Crippen molar-refractivity contribution >= 4 is 32.6 Å². The third-order valence-corrected chi connectivity index (χ3v) is 5.67. The van der Waals surface area contributed by atoms with Crippen LogP contribution in [0, 0.1) is 0 Å². The van der Waals surface area contributed by atoms with Crippen LogP contribution in [0.25, 0.3) is 10.2 Å². The molecule has 1 heterocycles. The fourth-order valence-corrected chi connectivity index (χ4v) is 3.91. The van der Waals surface area contributed by atoms with Crippen molar-refractivity contribution in [2.75, 3.05) is 38.2 Å². The predicted octanol–water partition coefficient (Wildman–Crippen LogP) is 4.29. The number of carbonyl (C=O) groups excluding carboxylic acids is 1. The van der Waals surface area contributed by atoms with E-state index in [2.05, 4.69) is 18.7 Å². The Labute approximate surface area is 164 Å². The predicted molar refractivity (Wildman–Crippen MR) is 112 cm³/mol. The molecule has 2 aromatic carbocycles. The number of hydrogen-bond donors (Lipinski definition) is 0. The molecule has 0 fully saturated rings. The normalized spacial score (nSPS) is 11.1. The fourth-order valence-electron chi connectivity index (χ4n) is 2.94. The summed E-state index contributed by atoms with van der Waals surface area (Å²) in [5.74, 6) is 0.747. The molecule has 27 heavy (non-hydrogen) atoms. The van der Waals surface area contributed by atoms with E-state index in [0.717, 1.165) is 40.7 Å². The van der Waals surface area contributed by atoms with E-state index < -0.39 is 0 Å². The lowest BCUT2D eigenvalue weighted by Gasteiger charge is -2.24. The lowest BCUT2D eigenvalue weighted by molar-refractivity contribution is 0.0984. The number of carbonyl (C=O) groups is 1. The standard InChI is InChI=1S/C21H25N3O2S/c1-4-23(5-2)13-14-24(20(25)16-9-7-6-8-10-16)21-22-18-15-17(26-3)11-12-19(18)27-21/h6-12,15H,4-5,13-14H2,1-3H3. The van der Waals surface area contributed by atoms with E-state index in [1.54, 1.807) is 12.0 Å². The van der Waals surface area contributed by atoms with Crippen molar-refractivity contribution in [1.29, 1.82) is 0 Å². The van der Waals surface area contributed by atoms with E-state index >= 15 is 0 Å². The number of thiazole rings is 1. The highest BCUT2D eigenvalue weighted by Gasteiger charge is 2.21. The van der Waals surface area contributed by atoms with Gasteiger partial charge in [-0.25, -0.2) is 4.98 Å². The van der Waals surface area contributed by atoms with Gasteiger partial charge in [-0.2, -0.15) is 0 Å². The number of hydrogen-bond acceptors (Lipinski definition) is 5. The molecule has 1 aromatic heterocycles. The van der Waals surface area contributed by atoms with Gasteiger partial charge < -0.3 is 9.64 Å². The first kappa shape index (κ1) is 19.3. The molecule has 0 aliphatic carbocycles. The molecule has 0 aliphatic heterocycles. The molecule has 5 nitrogen and oxygen atoms in total. The number of ether oxygens (including phenoxy) is 1. The molecule has 0 atom stereocenters. The maximum absolute atomic E-state index is 13.2. The topological polar surface area (TPSA) is 45.7 Å². The number of aromatic nitrogens is 1. The summed E-state index contributed by atoms with van der Waals surface area (Å²) < 4.78 is 6.34. The highest BCUT2D eigenvalue weighted by Crippen LogP contribution is 2.31. The summed E-state index contributed by atoms with van der Waals surface area (Å²) in [4.78, 5) is 22.0. The van der Waals surface area contributed by atoms with E-state index in [9.17, 15) is 4.79 Å². The highest BCUT2D eigenvalue weighted by atomic mass is 32.1. The molecule has 0 N–H and O–H groups in total. The third kappa shape index (κ3) is 4.46. The number of likely N-dealkylation sites (N-methyl/N-ethyl adjacent to an activating group) is 1. The van der Waals surface area contributed by atoms with Crippen LogP contribution in [0.2, 0.25) is 0 Å². The largest absolute Gasteiger partial charge is 0.497 e. The molecule has 0 radical (unpaired) electrons. The molecule has 0 spiro atoms. The second-order valence-electron chi connectivity index (χ2n) is 6.18. The Morgan fingerprint density at radius 1 is 1.07 bits per heavy atom. The minimum atomic E-state index is -0.0197. The molecule has 1 amide bonds. The Hall–Kier alpha value is -2.44. The number of nitrogens with zero attached hydrogens (tertiary/aromatic N) is 3. The Morgan fingerprint density at radius 2 is 1.81 bits per heavy atom. The smallest absolute Gasteiger partial charge is 0.260 e. The molecule has 0 aliphatic rings. The van der Waals surface area contributed by atoms with Crippen molar-refractivity contribution in [3.05, 3.63) is 54.1 Å². The van der Waals surface area contributed by atoms with E-state index in [4.69, 9.17) is 9.72 Å². The summed E-state index contributed by atoms with van der Waals surface area (Å²) in [7, 11) is 1.64. The van der Waals surface area contributed by atoms with Crippen molar-refractivity contribution < 1.29 is 9.53 Å². The lowest BCUT2D eigenvalue weighted by Crippen LogP contribution is -2.38. The number of methoxy groups -OCH3 is 1. The molecule has 142 valence electrons. The molecule has 0 bridgehead atoms. The van der Waals surface area contributed by atoms with E-state index in [0.29, 0.717) is 12.1 Å². The van der Waals surface area contributed by atoms with Gasteiger partial charge in [0.25, 0.3) is 5.91 Å². The van der Waals surface area contributed by atoms with Gasteiger partial charge in [0.2, 0.25) is 0 Å². The van der Waals surface area contributed by atoms with Crippen molar-refractivity contribution in [3.63, 3.8) is 0 Å². The Bertz CT molecular complexity index is 891. The van der Waals surface area contributed by atoms with Crippen molar-refractivity contribution in [1.82, 2.24) is 9.88 Å². The minimum absolute atomic E-state index is 0.0197. The molecular weight excluding hydrogens is 358 g/mol. The van der Waals surface area contributed by atoms with Crippen LogP contribution in [0.3, 0.4) is 0 Å². The maximum atomic E-state index is 13.2. The fraction of sp³-hybridized carbons (Fsp3) is 0.333. The van der Waals surface area contributed by atoms with Gasteiger partial charge in [-0.1, -0.05) is 43.4 Å². The van der Waals surface area contributed by atoms with E-state index in [1.807, 2.05) is 48.5 Å². The van der Waals surface area contributed by atoms with Gasteiger partial charge >= 0.3 is 0 Å². The lowest BCUT2D eigenvalue weighted by atomic mass is 10.2. The van der Waals surface area contributed by atoms with Crippen LogP contribution in [0.4, 0.5) is 5.13 Å². The zero-order valence-corrected chi connectivity index (χ0v) is 16.8. The third-order valence-electron chi connectivity index (χ3n) is 4.61. The van der Waals surface area contributed by atoms with Gasteiger partial charge in [-0.3, -0.25) is 9.69 Å². The Morgan fingerprint density at radius 3 is 2.48 bits per heavy atom. The highest BCUT2D eigenvalue weighted by molar-refractivity contribution is 7.22. The molecule has 0 unspecified atom stereocenters. The van der Waals surface area contributed by atoms with Gasteiger partial charge in [0.05, 0.1) is 17.3 Å². The minimum Gasteiger partial charge on any atom is -0.497 e. The van der Waals surface area contributed by atoms with Crippen molar-refractivity contribution in [3.8, 4) is 5.75 Å². The number of amides is 1. The monoisotopic (exact) mass is 383 g/mol. The first-order chi connectivity index (χ1) is 13.2. The summed E-state index contributed by atoms with van der Waals surface area (Å²) in [6.45, 7) is 7.60. The number of benzene rings is 2. The number of rotatable bonds is 8. The van der Waals surface area contributed by atoms with Crippen LogP contribution < -0.4 is 9.64 Å². The molecule has 3 aromatic rings. The van der Waals surface area contributed by atoms with E-state index in [1.165, 1.54) is 11.3 Å². The molecular formula is C21H25N3O2S. The second-order valence-corrected chi connectivity index (χ2v) is 7.19. The summed E-state index contributed by atoms with van der Waals surface area (Å²) in [6, 6.07) is 15.2. The van der Waals surface area contributed by atoms with E-state index in [-0.39, 0.29) is 5.91 Å². The van der Waals surface area contributed by atoms with Crippen LogP contribution in [-0.2, 0) is 0 Å². The molecule has 3 rings (SSSR count). The zero-order chi connectivity index (χ0) is 19.2. The maximum Gasteiger partial charge on any atom is 0.260 e. The Kier molecular flexibility index (Phi) is 6.42. The van der Waals surface area contributed by atoms with Gasteiger partial charge in [0, 0.05) is 24.7 Å². The van der Waals surface area contributed by atoms with Crippen molar-refractivity contribution in [2.24, 2.45) is 0 Å². The quantitative estimate of drug-likeness (QED) is 0.582. The Balaban J connectivity index is 1.94. The van der Waals surface area contributed by atoms with Crippen LogP contribution in [0.5, 0.6) is 5.75 Å². The van der Waals surface area contributed by atoms with Gasteiger partial charge in [0.1, 0.15) is 5.75 Å². The second kappa shape index (κ2) is 8.97. The van der Waals surface area contributed by atoms with Crippen molar-refractivity contribution in [2.45, 2.75) is 13.8 Å². The molecule has 0 saturated heterocycles. The van der Waals surface area contributed by atoms with Gasteiger partial charge in [0.15, 0.2) is 5.13 Å². The van der Waals surface area contributed by atoms with Gasteiger partial charge in [-0.15, -0.1) is 0 Å². The average molecular weight is 384 g/mol. The average Bonchev–Trinajstić information content (AvgIpc) is 3.14. The van der Waals surface area contributed by atoms with Crippen LogP contribution >= 0.6 is 11.3 Å². The number of fused-ring (bicyclic) bond motifs is 1. The molecule has 6 heteroatoms. The summed E-state index contributed by atoms with van der Waals surface area (Å²) >= 11 is 1.53. The summed E-state index contributed by atoms with van der Waals surface area (Å²) in [5, 5.41) is 0.722. The number of anilines is 1. The zero-order valence-electron chi connectivity index (χ0n) is 16.0. The van der Waals surface area contributed by atoms with Gasteiger partial charge in [-0.05, 0) is 37.4 Å². The first-order valence-corrected chi connectivity index (χ1v) is 10.0. The summed E-state index contributed by atoms with van der Waals surface area (Å²) in [6.07, 6.45) is 0.